The monoisotopic (exact) mass is 375 g/mol. The number of para-hydroxylation sites is 1. The topological polar surface area (TPSA) is 93.4 Å². The minimum Gasteiger partial charge on any atom is -0.465 e. The van der Waals surface area contributed by atoms with Crippen LogP contribution in [0.2, 0.25) is 0 Å². The van der Waals surface area contributed by atoms with E-state index >= 15 is 0 Å². The molecular weight excluding hydrogens is 354 g/mol. The molecule has 28 heavy (non-hydrogen) atoms. The molecule has 0 unspecified atom stereocenters. The number of benzene rings is 2. The van der Waals surface area contributed by atoms with Crippen LogP contribution in [0.15, 0.2) is 54.9 Å². The zero-order valence-corrected chi connectivity index (χ0v) is 15.6. The summed E-state index contributed by atoms with van der Waals surface area (Å²) in [6.45, 7) is 0.853. The average Bonchev–Trinajstić information content (AvgIpc) is 2.75. The molecule has 0 atom stereocenters. The number of carbonyl (C=O) groups excluding carboxylic acids is 1. The number of hydrogen-bond acceptors (Lipinski definition) is 7. The molecule has 1 aliphatic rings. The van der Waals surface area contributed by atoms with Gasteiger partial charge in [0.2, 0.25) is 0 Å². The third-order valence-corrected chi connectivity index (χ3v) is 4.80. The minimum atomic E-state index is -0.376. The van der Waals surface area contributed by atoms with Gasteiger partial charge in [0.15, 0.2) is 11.6 Å². The third kappa shape index (κ3) is 3.34. The largest absolute Gasteiger partial charge is 0.465 e. The molecule has 2 aromatic carbocycles. The van der Waals surface area contributed by atoms with Crippen molar-refractivity contribution in [2.24, 2.45) is 0 Å². The summed E-state index contributed by atoms with van der Waals surface area (Å²) >= 11 is 0. The Kier molecular flexibility index (Phi) is 4.80. The summed E-state index contributed by atoms with van der Waals surface area (Å²) in [5.74, 6) is 0.842. The summed E-state index contributed by atoms with van der Waals surface area (Å²) in [5.41, 5.74) is 10.6. The highest BCUT2D eigenvalue weighted by atomic mass is 16.5. The minimum absolute atomic E-state index is 0.376. The van der Waals surface area contributed by atoms with Crippen LogP contribution >= 0.6 is 0 Å². The van der Waals surface area contributed by atoms with E-state index in [0.717, 1.165) is 30.8 Å². The van der Waals surface area contributed by atoms with Crippen molar-refractivity contribution in [2.45, 2.75) is 12.8 Å². The number of anilines is 5. The first-order valence-corrected chi connectivity index (χ1v) is 9.08. The van der Waals surface area contributed by atoms with E-state index < -0.39 is 0 Å². The Balaban J connectivity index is 1.62. The fourth-order valence-electron chi connectivity index (χ4n) is 3.40. The smallest absolute Gasteiger partial charge is 0.337 e. The van der Waals surface area contributed by atoms with Crippen molar-refractivity contribution in [3.8, 4) is 0 Å². The Morgan fingerprint density at radius 1 is 1.14 bits per heavy atom. The zero-order chi connectivity index (χ0) is 19.5. The van der Waals surface area contributed by atoms with Crippen LogP contribution in [0.5, 0.6) is 0 Å². The number of aromatic nitrogens is 2. The number of esters is 1. The molecule has 4 rings (SSSR count). The number of nitrogens with one attached hydrogen (secondary N) is 1. The second-order valence-corrected chi connectivity index (χ2v) is 6.54. The lowest BCUT2D eigenvalue weighted by Crippen LogP contribution is -2.26. The SMILES string of the molecule is COC(=O)c1ccc(Nc2ncnc(N3CCCc4ccccc43)c2N)cc1. The number of rotatable bonds is 4. The van der Waals surface area contributed by atoms with Gasteiger partial charge in [-0.3, -0.25) is 0 Å². The van der Waals surface area contributed by atoms with Gasteiger partial charge in [0, 0.05) is 17.9 Å². The molecule has 0 amide bonds. The maximum atomic E-state index is 11.6. The van der Waals surface area contributed by atoms with Crippen LogP contribution in [0, 0.1) is 0 Å². The molecule has 0 spiro atoms. The number of aryl methyl sites for hydroxylation is 1. The van der Waals surface area contributed by atoms with Crippen LogP contribution in [-0.2, 0) is 11.2 Å². The predicted octanol–water partition coefficient (Wildman–Crippen LogP) is 3.67. The van der Waals surface area contributed by atoms with E-state index in [1.165, 1.54) is 19.0 Å². The Morgan fingerprint density at radius 2 is 1.93 bits per heavy atom. The van der Waals surface area contributed by atoms with Crippen LogP contribution in [0.25, 0.3) is 0 Å². The molecule has 7 nitrogen and oxygen atoms in total. The first kappa shape index (κ1) is 17.8. The van der Waals surface area contributed by atoms with Gasteiger partial charge >= 0.3 is 5.97 Å². The van der Waals surface area contributed by atoms with E-state index in [1.54, 1.807) is 24.3 Å². The van der Waals surface area contributed by atoms with Crippen LogP contribution < -0.4 is 16.0 Å². The summed E-state index contributed by atoms with van der Waals surface area (Å²) in [7, 11) is 1.36. The van der Waals surface area contributed by atoms with Crippen molar-refractivity contribution in [2.75, 3.05) is 29.6 Å². The van der Waals surface area contributed by atoms with Gasteiger partial charge in [-0.15, -0.1) is 0 Å². The first-order valence-electron chi connectivity index (χ1n) is 9.08. The summed E-state index contributed by atoms with van der Waals surface area (Å²) in [5, 5.41) is 3.20. The molecule has 0 radical (unpaired) electrons. The fourth-order valence-corrected chi connectivity index (χ4v) is 3.40. The molecular formula is C21H21N5O2. The second kappa shape index (κ2) is 7.56. The van der Waals surface area contributed by atoms with E-state index in [0.29, 0.717) is 22.9 Å². The molecule has 3 N–H and O–H groups in total. The van der Waals surface area contributed by atoms with E-state index in [-0.39, 0.29) is 5.97 Å². The van der Waals surface area contributed by atoms with Crippen molar-refractivity contribution in [3.63, 3.8) is 0 Å². The first-order chi connectivity index (χ1) is 13.7. The molecule has 1 aliphatic heterocycles. The van der Waals surface area contributed by atoms with E-state index in [4.69, 9.17) is 10.5 Å². The lowest BCUT2D eigenvalue weighted by atomic mass is 10.0. The summed E-state index contributed by atoms with van der Waals surface area (Å²) in [6, 6.07) is 15.2. The molecule has 7 heteroatoms. The number of nitrogens with two attached hydrogens (primary N) is 1. The summed E-state index contributed by atoms with van der Waals surface area (Å²) in [6.07, 6.45) is 3.60. The molecule has 1 aromatic heterocycles. The lowest BCUT2D eigenvalue weighted by Gasteiger charge is -2.31. The molecule has 0 saturated carbocycles. The maximum absolute atomic E-state index is 11.6. The van der Waals surface area contributed by atoms with Gasteiger partial charge in [-0.2, -0.15) is 0 Å². The third-order valence-electron chi connectivity index (χ3n) is 4.80. The number of methoxy groups -OCH3 is 1. The van der Waals surface area contributed by atoms with E-state index in [9.17, 15) is 4.79 Å². The Labute approximate surface area is 163 Å². The second-order valence-electron chi connectivity index (χ2n) is 6.54. The molecule has 0 bridgehead atoms. The average molecular weight is 375 g/mol. The van der Waals surface area contributed by atoms with Crippen LogP contribution in [0.3, 0.4) is 0 Å². The zero-order valence-electron chi connectivity index (χ0n) is 15.6. The van der Waals surface area contributed by atoms with Gasteiger partial charge in [0.05, 0.1) is 12.7 Å². The Morgan fingerprint density at radius 3 is 2.71 bits per heavy atom. The fraction of sp³-hybridized carbons (Fsp3) is 0.190. The number of carbonyl (C=O) groups is 1. The number of ether oxygens (including phenoxy) is 1. The van der Waals surface area contributed by atoms with Crippen molar-refractivity contribution in [3.05, 3.63) is 66.0 Å². The highest BCUT2D eigenvalue weighted by Gasteiger charge is 2.22. The lowest BCUT2D eigenvalue weighted by molar-refractivity contribution is 0.0601. The van der Waals surface area contributed by atoms with Gasteiger partial charge in [-0.1, -0.05) is 18.2 Å². The van der Waals surface area contributed by atoms with Gasteiger partial charge in [-0.25, -0.2) is 14.8 Å². The molecule has 0 saturated heterocycles. The van der Waals surface area contributed by atoms with E-state index in [1.807, 2.05) is 6.07 Å². The highest BCUT2D eigenvalue weighted by Crippen LogP contribution is 2.37. The van der Waals surface area contributed by atoms with Crippen molar-refractivity contribution in [1.29, 1.82) is 0 Å². The van der Waals surface area contributed by atoms with Crippen LogP contribution in [0.1, 0.15) is 22.3 Å². The van der Waals surface area contributed by atoms with Crippen molar-refractivity contribution >= 4 is 34.7 Å². The number of fused-ring (bicyclic) bond motifs is 1. The summed E-state index contributed by atoms with van der Waals surface area (Å²) in [4.78, 5) is 22.4. The predicted molar refractivity (Wildman–Crippen MR) is 109 cm³/mol. The Hall–Kier alpha value is -3.61. The summed E-state index contributed by atoms with van der Waals surface area (Å²) < 4.78 is 4.72. The molecule has 3 aromatic rings. The number of nitrogen functional groups attached to an aromatic ring is 1. The molecule has 2 heterocycles. The number of hydrogen-bond donors (Lipinski definition) is 2. The van der Waals surface area contributed by atoms with Crippen LogP contribution in [-0.4, -0.2) is 29.6 Å². The molecule has 0 aliphatic carbocycles. The highest BCUT2D eigenvalue weighted by molar-refractivity contribution is 5.90. The standard InChI is InChI=1S/C21H21N5O2/c1-28-21(27)15-8-10-16(11-9-15)25-19-18(22)20(24-13-23-19)26-12-4-6-14-5-2-3-7-17(14)26/h2-3,5,7-11,13H,4,6,12,22H2,1H3,(H,23,24,25). The van der Waals surface area contributed by atoms with Gasteiger partial charge in [-0.05, 0) is 48.7 Å². The van der Waals surface area contributed by atoms with Gasteiger partial charge in [0.25, 0.3) is 0 Å². The number of nitrogens with zero attached hydrogens (tertiary/aromatic N) is 3. The van der Waals surface area contributed by atoms with E-state index in [2.05, 4.69) is 38.4 Å². The molecule has 0 fully saturated rings. The van der Waals surface area contributed by atoms with Crippen molar-refractivity contribution < 1.29 is 9.53 Å². The van der Waals surface area contributed by atoms with Gasteiger partial charge < -0.3 is 20.7 Å². The Bertz CT molecular complexity index is 1000. The van der Waals surface area contributed by atoms with Crippen molar-refractivity contribution in [1.82, 2.24) is 9.97 Å². The molecule has 142 valence electrons. The quantitative estimate of drug-likeness (QED) is 0.672. The van der Waals surface area contributed by atoms with Gasteiger partial charge in [0.1, 0.15) is 12.0 Å². The maximum Gasteiger partial charge on any atom is 0.337 e. The normalized spacial score (nSPS) is 13.0. The van der Waals surface area contributed by atoms with Crippen LogP contribution in [0.4, 0.5) is 28.7 Å².